The minimum absolute atomic E-state index is 1.24. The Morgan fingerprint density at radius 3 is 2.50 bits per heavy atom. The van der Waals surface area contributed by atoms with Gasteiger partial charge in [0, 0.05) is 0 Å². The van der Waals surface area contributed by atoms with Gasteiger partial charge in [-0.05, 0) is 31.0 Å². The number of rotatable bonds is 0. The normalized spacial score (nSPS) is 9.25. The first-order valence-corrected chi connectivity index (χ1v) is 2.74. The van der Waals surface area contributed by atoms with E-state index in [0.717, 1.165) is 0 Å². The molecule has 0 unspecified atom stereocenters. The Balaban J connectivity index is 3.13. The van der Waals surface area contributed by atoms with Gasteiger partial charge in [0.05, 0.1) is 0 Å². The summed E-state index contributed by atoms with van der Waals surface area (Å²) in [5.74, 6) is 0. The smallest absolute Gasteiger partial charge is 0.0149 e. The molecular formula is C8H9. The predicted octanol–water partition coefficient (Wildman–Crippen LogP) is 2.10. The Kier molecular flexibility index (Phi) is 1.34. The van der Waals surface area contributed by atoms with E-state index in [1.165, 1.54) is 11.1 Å². The highest BCUT2D eigenvalue weighted by Gasteiger charge is 1.84. The van der Waals surface area contributed by atoms with Crippen LogP contribution in [0.1, 0.15) is 11.1 Å². The summed E-state index contributed by atoms with van der Waals surface area (Å²) < 4.78 is 0. The SMILES string of the molecule is Cc1[c]cccc1C. The van der Waals surface area contributed by atoms with Crippen molar-refractivity contribution in [2.75, 3.05) is 0 Å². The van der Waals surface area contributed by atoms with Crippen molar-refractivity contribution in [1.82, 2.24) is 0 Å². The summed E-state index contributed by atoms with van der Waals surface area (Å²) in [7, 11) is 0. The van der Waals surface area contributed by atoms with Gasteiger partial charge in [-0.1, -0.05) is 18.2 Å². The maximum absolute atomic E-state index is 3.10. The van der Waals surface area contributed by atoms with E-state index >= 15 is 0 Å². The van der Waals surface area contributed by atoms with E-state index in [-0.39, 0.29) is 0 Å². The van der Waals surface area contributed by atoms with E-state index in [1.807, 2.05) is 12.1 Å². The summed E-state index contributed by atoms with van der Waals surface area (Å²) in [5, 5.41) is 0. The fraction of sp³-hybridized carbons (Fsp3) is 0.250. The molecule has 1 rings (SSSR count). The van der Waals surface area contributed by atoms with Crippen LogP contribution >= 0.6 is 0 Å². The largest absolute Gasteiger partial charge is 0.0614 e. The molecule has 8 heavy (non-hydrogen) atoms. The van der Waals surface area contributed by atoms with Gasteiger partial charge in [-0.15, -0.1) is 0 Å². The lowest BCUT2D eigenvalue weighted by Gasteiger charge is -1.92. The van der Waals surface area contributed by atoms with Gasteiger partial charge in [-0.25, -0.2) is 0 Å². The van der Waals surface area contributed by atoms with Crippen molar-refractivity contribution in [3.05, 3.63) is 35.4 Å². The molecule has 0 aliphatic rings. The number of benzene rings is 1. The fourth-order valence-electron chi connectivity index (χ4n) is 0.604. The maximum atomic E-state index is 3.10. The van der Waals surface area contributed by atoms with Crippen molar-refractivity contribution in [1.29, 1.82) is 0 Å². The molecule has 0 nitrogen and oxygen atoms in total. The van der Waals surface area contributed by atoms with Gasteiger partial charge in [0.15, 0.2) is 0 Å². The second-order valence-corrected chi connectivity index (χ2v) is 1.98. The highest BCUT2D eigenvalue weighted by atomic mass is 13.9. The standard InChI is InChI=1S/C8H9/c1-7-5-3-4-6-8(7)2/h3-5H,1-2H3. The van der Waals surface area contributed by atoms with Crippen LogP contribution in [0.5, 0.6) is 0 Å². The zero-order chi connectivity index (χ0) is 5.98. The zero-order valence-electron chi connectivity index (χ0n) is 5.23. The van der Waals surface area contributed by atoms with E-state index in [1.54, 1.807) is 0 Å². The quantitative estimate of drug-likeness (QED) is 0.474. The Morgan fingerprint density at radius 1 is 1.38 bits per heavy atom. The van der Waals surface area contributed by atoms with Gasteiger partial charge < -0.3 is 0 Å². The molecule has 0 heteroatoms. The van der Waals surface area contributed by atoms with E-state index in [2.05, 4.69) is 26.0 Å². The molecule has 0 bridgehead atoms. The van der Waals surface area contributed by atoms with Crippen LogP contribution < -0.4 is 0 Å². The van der Waals surface area contributed by atoms with Gasteiger partial charge in [-0.3, -0.25) is 0 Å². The molecule has 0 aromatic heterocycles. The van der Waals surface area contributed by atoms with Crippen molar-refractivity contribution in [2.24, 2.45) is 0 Å². The van der Waals surface area contributed by atoms with E-state index in [0.29, 0.717) is 0 Å². The first kappa shape index (κ1) is 5.36. The Labute approximate surface area is 50.2 Å². The second kappa shape index (κ2) is 1.99. The monoisotopic (exact) mass is 105 g/mol. The molecule has 0 atom stereocenters. The van der Waals surface area contributed by atoms with Crippen LogP contribution in [-0.2, 0) is 0 Å². The summed E-state index contributed by atoms with van der Waals surface area (Å²) in [6, 6.07) is 9.12. The average Bonchev–Trinajstić information content (AvgIpc) is 1.77. The van der Waals surface area contributed by atoms with Crippen molar-refractivity contribution in [3.8, 4) is 0 Å². The molecule has 0 saturated heterocycles. The molecule has 1 aromatic rings. The molecule has 0 saturated carbocycles. The van der Waals surface area contributed by atoms with Crippen LogP contribution in [0, 0.1) is 19.9 Å². The first-order valence-electron chi connectivity index (χ1n) is 2.74. The topological polar surface area (TPSA) is 0 Å². The number of hydrogen-bond donors (Lipinski definition) is 0. The highest BCUT2D eigenvalue weighted by molar-refractivity contribution is 5.22. The molecule has 0 heterocycles. The minimum atomic E-state index is 1.24. The molecule has 1 aromatic carbocycles. The first-order chi connectivity index (χ1) is 3.80. The third-order valence-electron chi connectivity index (χ3n) is 1.33. The summed E-state index contributed by atoms with van der Waals surface area (Å²) >= 11 is 0. The van der Waals surface area contributed by atoms with Crippen molar-refractivity contribution < 1.29 is 0 Å². The fourth-order valence-corrected chi connectivity index (χ4v) is 0.604. The third-order valence-corrected chi connectivity index (χ3v) is 1.33. The van der Waals surface area contributed by atoms with Crippen LogP contribution in [0.2, 0.25) is 0 Å². The maximum Gasteiger partial charge on any atom is -0.0149 e. The summed E-state index contributed by atoms with van der Waals surface area (Å²) in [6.45, 7) is 4.15. The van der Waals surface area contributed by atoms with E-state index < -0.39 is 0 Å². The molecule has 0 N–H and O–H groups in total. The average molecular weight is 105 g/mol. The molecule has 1 radical (unpaired) electrons. The molecule has 0 aliphatic heterocycles. The van der Waals surface area contributed by atoms with Crippen LogP contribution in [0.4, 0.5) is 0 Å². The minimum Gasteiger partial charge on any atom is -0.0614 e. The summed E-state index contributed by atoms with van der Waals surface area (Å²) in [4.78, 5) is 0. The van der Waals surface area contributed by atoms with E-state index in [9.17, 15) is 0 Å². The third kappa shape index (κ3) is 0.890. The van der Waals surface area contributed by atoms with Crippen LogP contribution in [0.25, 0.3) is 0 Å². The summed E-state index contributed by atoms with van der Waals surface area (Å²) in [6.07, 6.45) is 0. The Bertz CT molecular complexity index is 156. The van der Waals surface area contributed by atoms with Crippen molar-refractivity contribution in [3.63, 3.8) is 0 Å². The summed E-state index contributed by atoms with van der Waals surface area (Å²) in [5.41, 5.74) is 2.56. The Morgan fingerprint density at radius 2 is 2.12 bits per heavy atom. The highest BCUT2D eigenvalue weighted by Crippen LogP contribution is 2.01. The van der Waals surface area contributed by atoms with Gasteiger partial charge in [0.25, 0.3) is 0 Å². The van der Waals surface area contributed by atoms with Crippen LogP contribution in [0.3, 0.4) is 0 Å². The second-order valence-electron chi connectivity index (χ2n) is 1.98. The number of hydrogen-bond acceptors (Lipinski definition) is 0. The molecule has 0 aliphatic carbocycles. The van der Waals surface area contributed by atoms with Gasteiger partial charge in [-0.2, -0.15) is 0 Å². The number of aryl methyl sites for hydroxylation is 2. The molecule has 0 spiro atoms. The lowest BCUT2D eigenvalue weighted by atomic mass is 10.1. The Hall–Kier alpha value is -0.780. The lowest BCUT2D eigenvalue weighted by molar-refractivity contribution is 1.33. The van der Waals surface area contributed by atoms with Gasteiger partial charge in [0.2, 0.25) is 0 Å². The molecular weight excluding hydrogens is 96.1 g/mol. The predicted molar refractivity (Wildman–Crippen MR) is 34.8 cm³/mol. The van der Waals surface area contributed by atoms with Crippen molar-refractivity contribution >= 4 is 0 Å². The lowest BCUT2D eigenvalue weighted by Crippen LogP contribution is -1.75. The molecule has 0 amide bonds. The van der Waals surface area contributed by atoms with Crippen LogP contribution in [-0.4, -0.2) is 0 Å². The van der Waals surface area contributed by atoms with E-state index in [4.69, 9.17) is 0 Å². The van der Waals surface area contributed by atoms with Gasteiger partial charge >= 0.3 is 0 Å². The van der Waals surface area contributed by atoms with Gasteiger partial charge in [0.1, 0.15) is 0 Å². The molecule has 0 fully saturated rings. The molecule has 41 valence electrons. The van der Waals surface area contributed by atoms with Crippen molar-refractivity contribution in [2.45, 2.75) is 13.8 Å². The zero-order valence-corrected chi connectivity index (χ0v) is 5.23. The van der Waals surface area contributed by atoms with Crippen LogP contribution in [0.15, 0.2) is 18.2 Å².